The fourth-order valence-electron chi connectivity index (χ4n) is 1.96. The van der Waals surface area contributed by atoms with Crippen molar-refractivity contribution >= 4 is 0 Å². The molecule has 0 bridgehead atoms. The predicted octanol–water partition coefficient (Wildman–Crippen LogP) is 3.04. The molecule has 0 amide bonds. The van der Waals surface area contributed by atoms with Crippen molar-refractivity contribution in [2.75, 3.05) is 19.8 Å². The first kappa shape index (κ1) is 16.0. The molecule has 0 saturated carbocycles. The Hall–Kier alpha value is -1.06. The molecule has 0 unspecified atom stereocenters. The highest BCUT2D eigenvalue weighted by Crippen LogP contribution is 2.20. The molecule has 0 fully saturated rings. The Balaban J connectivity index is 2.45. The maximum Gasteiger partial charge on any atom is 0.123 e. The molecule has 0 spiro atoms. The van der Waals surface area contributed by atoms with Crippen molar-refractivity contribution < 1.29 is 9.84 Å². The van der Waals surface area contributed by atoms with Crippen LogP contribution in [0.4, 0.5) is 0 Å². The molecule has 0 aliphatic rings. The summed E-state index contributed by atoms with van der Waals surface area (Å²) in [5.74, 6) is 0.984. The first-order valence-corrected chi connectivity index (χ1v) is 7.31. The highest BCUT2D eigenvalue weighted by Gasteiger charge is 2.03. The summed E-state index contributed by atoms with van der Waals surface area (Å²) in [7, 11) is 0. The van der Waals surface area contributed by atoms with Crippen molar-refractivity contribution in [3.63, 3.8) is 0 Å². The fourth-order valence-corrected chi connectivity index (χ4v) is 1.96. The van der Waals surface area contributed by atoms with Crippen molar-refractivity contribution in [3.05, 3.63) is 29.3 Å². The molecule has 19 heavy (non-hydrogen) atoms. The maximum atomic E-state index is 8.73. The summed E-state index contributed by atoms with van der Waals surface area (Å²) in [5.41, 5.74) is 2.50. The Kier molecular flexibility index (Phi) is 8.26. The molecule has 0 aromatic heterocycles. The summed E-state index contributed by atoms with van der Waals surface area (Å²) in [4.78, 5) is 0. The van der Waals surface area contributed by atoms with Crippen LogP contribution in [0.15, 0.2) is 18.2 Å². The van der Waals surface area contributed by atoms with E-state index < -0.39 is 0 Å². The third kappa shape index (κ3) is 6.60. The second kappa shape index (κ2) is 9.82. The number of rotatable bonds is 10. The molecule has 0 heterocycles. The average molecular weight is 265 g/mol. The molecule has 0 atom stereocenters. The zero-order valence-corrected chi connectivity index (χ0v) is 12.2. The molecule has 3 nitrogen and oxygen atoms in total. The van der Waals surface area contributed by atoms with Crippen molar-refractivity contribution in [1.29, 1.82) is 0 Å². The second-order valence-corrected chi connectivity index (χ2v) is 4.92. The molecule has 3 heteroatoms. The Bertz CT molecular complexity index is 353. The Labute approximate surface area is 117 Å². The van der Waals surface area contributed by atoms with E-state index in [1.807, 2.05) is 0 Å². The molecular weight excluding hydrogens is 238 g/mol. The highest BCUT2D eigenvalue weighted by atomic mass is 16.5. The van der Waals surface area contributed by atoms with E-state index in [0.717, 1.165) is 51.1 Å². The lowest BCUT2D eigenvalue weighted by Crippen LogP contribution is -2.15. The molecule has 0 aliphatic heterocycles. The molecule has 108 valence electrons. The molecule has 1 rings (SSSR count). The lowest BCUT2D eigenvalue weighted by molar-refractivity contribution is 0.265. The number of aryl methyl sites for hydroxylation is 1. The van der Waals surface area contributed by atoms with E-state index in [4.69, 9.17) is 9.84 Å². The van der Waals surface area contributed by atoms with Crippen molar-refractivity contribution in [3.8, 4) is 5.75 Å². The van der Waals surface area contributed by atoms with Gasteiger partial charge >= 0.3 is 0 Å². The van der Waals surface area contributed by atoms with Crippen LogP contribution in [0, 0.1) is 6.92 Å². The zero-order chi connectivity index (χ0) is 13.9. The lowest BCUT2D eigenvalue weighted by Gasteiger charge is -2.13. The van der Waals surface area contributed by atoms with Gasteiger partial charge in [0, 0.05) is 18.7 Å². The number of unbranched alkanes of at least 4 members (excludes halogenated alkanes) is 2. The van der Waals surface area contributed by atoms with Crippen LogP contribution in [0.25, 0.3) is 0 Å². The standard InChI is InChI=1S/C16H27NO2/c1-3-9-17-13-15-12-14(2)7-8-16(15)19-11-6-4-5-10-18/h7-8,12,17-18H,3-6,9-11,13H2,1-2H3. The lowest BCUT2D eigenvalue weighted by atomic mass is 10.1. The van der Waals surface area contributed by atoms with Gasteiger partial charge in [-0.15, -0.1) is 0 Å². The Morgan fingerprint density at radius 2 is 2.05 bits per heavy atom. The van der Waals surface area contributed by atoms with Gasteiger partial charge in [-0.2, -0.15) is 0 Å². The van der Waals surface area contributed by atoms with Gasteiger partial charge in [0.25, 0.3) is 0 Å². The van der Waals surface area contributed by atoms with E-state index in [0.29, 0.717) is 0 Å². The molecule has 0 saturated heterocycles. The number of aliphatic hydroxyl groups excluding tert-OH is 1. The maximum absolute atomic E-state index is 8.73. The van der Waals surface area contributed by atoms with Crippen molar-refractivity contribution in [1.82, 2.24) is 5.32 Å². The normalized spacial score (nSPS) is 10.7. The van der Waals surface area contributed by atoms with Crippen LogP contribution < -0.4 is 10.1 Å². The number of benzene rings is 1. The third-order valence-corrected chi connectivity index (χ3v) is 3.02. The molecule has 1 aromatic carbocycles. The summed E-state index contributed by atoms with van der Waals surface area (Å²) in [5, 5.41) is 12.1. The fraction of sp³-hybridized carbons (Fsp3) is 0.625. The minimum Gasteiger partial charge on any atom is -0.493 e. The molecule has 1 aromatic rings. The number of nitrogens with one attached hydrogen (secondary N) is 1. The van der Waals surface area contributed by atoms with E-state index in [1.54, 1.807) is 0 Å². The summed E-state index contributed by atoms with van der Waals surface area (Å²) >= 11 is 0. The predicted molar refractivity (Wildman–Crippen MR) is 79.6 cm³/mol. The first-order chi connectivity index (χ1) is 9.27. The number of hydrogen-bond acceptors (Lipinski definition) is 3. The number of ether oxygens (including phenoxy) is 1. The van der Waals surface area contributed by atoms with Crippen LogP contribution in [0.2, 0.25) is 0 Å². The van der Waals surface area contributed by atoms with Crippen molar-refractivity contribution in [2.24, 2.45) is 0 Å². The molecule has 0 radical (unpaired) electrons. The SMILES string of the molecule is CCCNCc1cc(C)ccc1OCCCCCO. The van der Waals surface area contributed by atoms with Crippen LogP contribution >= 0.6 is 0 Å². The average Bonchev–Trinajstić information content (AvgIpc) is 2.41. The van der Waals surface area contributed by atoms with Crippen LogP contribution in [-0.4, -0.2) is 24.9 Å². The van der Waals surface area contributed by atoms with Gasteiger partial charge in [-0.3, -0.25) is 0 Å². The van der Waals surface area contributed by atoms with Gasteiger partial charge in [0.15, 0.2) is 0 Å². The van der Waals surface area contributed by atoms with E-state index in [2.05, 4.69) is 37.4 Å². The van der Waals surface area contributed by atoms with E-state index in [1.165, 1.54) is 11.1 Å². The van der Waals surface area contributed by atoms with E-state index in [9.17, 15) is 0 Å². The Morgan fingerprint density at radius 3 is 2.79 bits per heavy atom. The van der Waals surface area contributed by atoms with Crippen LogP contribution in [0.5, 0.6) is 5.75 Å². The Morgan fingerprint density at radius 1 is 1.21 bits per heavy atom. The smallest absolute Gasteiger partial charge is 0.123 e. The summed E-state index contributed by atoms with van der Waals surface area (Å²) in [6.07, 6.45) is 4.02. The first-order valence-electron chi connectivity index (χ1n) is 7.31. The molecular formula is C16H27NO2. The number of hydrogen-bond donors (Lipinski definition) is 2. The summed E-state index contributed by atoms with van der Waals surface area (Å²) in [6.45, 7) is 7.17. The van der Waals surface area contributed by atoms with Crippen LogP contribution in [0.1, 0.15) is 43.7 Å². The monoisotopic (exact) mass is 265 g/mol. The van der Waals surface area contributed by atoms with E-state index in [-0.39, 0.29) is 6.61 Å². The zero-order valence-electron chi connectivity index (χ0n) is 12.2. The molecule has 0 aliphatic carbocycles. The minimum atomic E-state index is 0.275. The summed E-state index contributed by atoms with van der Waals surface area (Å²) in [6, 6.07) is 6.34. The van der Waals surface area contributed by atoms with Gasteiger partial charge in [0.05, 0.1) is 6.61 Å². The quantitative estimate of drug-likeness (QED) is 0.639. The summed E-state index contributed by atoms with van der Waals surface area (Å²) < 4.78 is 5.85. The van der Waals surface area contributed by atoms with Crippen LogP contribution in [-0.2, 0) is 6.54 Å². The van der Waals surface area contributed by atoms with Gasteiger partial charge in [0.1, 0.15) is 5.75 Å². The van der Waals surface area contributed by atoms with Gasteiger partial charge in [-0.1, -0.05) is 24.6 Å². The second-order valence-electron chi connectivity index (χ2n) is 4.92. The van der Waals surface area contributed by atoms with Gasteiger partial charge in [-0.05, 0) is 45.2 Å². The van der Waals surface area contributed by atoms with Gasteiger partial charge in [0.2, 0.25) is 0 Å². The van der Waals surface area contributed by atoms with Crippen molar-refractivity contribution in [2.45, 2.75) is 46.1 Å². The largest absolute Gasteiger partial charge is 0.493 e. The van der Waals surface area contributed by atoms with Gasteiger partial charge < -0.3 is 15.2 Å². The topological polar surface area (TPSA) is 41.5 Å². The van der Waals surface area contributed by atoms with Gasteiger partial charge in [-0.25, -0.2) is 0 Å². The molecule has 2 N–H and O–H groups in total. The van der Waals surface area contributed by atoms with E-state index >= 15 is 0 Å². The van der Waals surface area contributed by atoms with Crippen LogP contribution in [0.3, 0.4) is 0 Å². The minimum absolute atomic E-state index is 0.275. The highest BCUT2D eigenvalue weighted by molar-refractivity contribution is 5.36. The number of aliphatic hydroxyl groups is 1. The third-order valence-electron chi connectivity index (χ3n) is 3.02.